The summed E-state index contributed by atoms with van der Waals surface area (Å²) in [6, 6.07) is 3.60. The Morgan fingerprint density at radius 1 is 0.896 bits per heavy atom. The van der Waals surface area contributed by atoms with E-state index >= 15 is 0 Å². The Balaban J connectivity index is 1.16. The van der Waals surface area contributed by atoms with E-state index in [0.717, 1.165) is 59.5 Å². The van der Waals surface area contributed by atoms with Crippen LogP contribution in [0.15, 0.2) is 23.8 Å². The van der Waals surface area contributed by atoms with E-state index in [1.807, 2.05) is 0 Å². The number of phenols is 1. The number of ether oxygens (including phenoxy) is 2. The Labute approximate surface area is 294 Å². The van der Waals surface area contributed by atoms with Crippen molar-refractivity contribution in [2.45, 2.75) is 164 Å². The van der Waals surface area contributed by atoms with Gasteiger partial charge in [-0.1, -0.05) is 107 Å². The minimum absolute atomic E-state index is 0.199. The first-order valence-electron chi connectivity index (χ1n) is 19.7. The molecule has 0 saturated heterocycles. The van der Waals surface area contributed by atoms with Crippen molar-refractivity contribution in [3.63, 3.8) is 0 Å². The first-order chi connectivity index (χ1) is 22.4. The Kier molecular flexibility index (Phi) is 11.0. The van der Waals surface area contributed by atoms with E-state index < -0.39 is 0 Å². The topological polar surface area (TPSA) is 55.8 Å². The third-order valence-corrected chi connectivity index (χ3v) is 13.9. The molecule has 0 unspecified atom stereocenters. The van der Waals surface area contributed by atoms with Crippen molar-refractivity contribution in [1.82, 2.24) is 0 Å². The highest BCUT2D eigenvalue weighted by molar-refractivity contribution is 5.90. The highest BCUT2D eigenvalue weighted by Gasteiger charge is 2.59. The van der Waals surface area contributed by atoms with Crippen LogP contribution in [0.5, 0.6) is 5.75 Å². The Hall–Kier alpha value is -1.81. The molecule has 8 atom stereocenters. The Morgan fingerprint density at radius 3 is 2.19 bits per heavy atom. The summed E-state index contributed by atoms with van der Waals surface area (Å²) in [5, 5.41) is 11.0. The number of allylic oxidation sites excluding steroid dienone is 1. The van der Waals surface area contributed by atoms with Crippen molar-refractivity contribution in [3.8, 4) is 5.75 Å². The van der Waals surface area contributed by atoms with Crippen LogP contribution < -0.4 is 0 Å². The fraction of sp³-hybridized carbons (Fsp3) is 0.795. The van der Waals surface area contributed by atoms with Crippen LogP contribution in [0.4, 0.5) is 0 Å². The minimum atomic E-state index is -0.352. The van der Waals surface area contributed by atoms with Crippen LogP contribution in [0.25, 0.3) is 0 Å². The zero-order valence-corrected chi connectivity index (χ0v) is 32.6. The molecule has 270 valence electrons. The lowest BCUT2D eigenvalue weighted by Crippen LogP contribution is -2.51. The molecule has 0 aliphatic heterocycles. The van der Waals surface area contributed by atoms with Gasteiger partial charge in [-0.15, -0.1) is 0 Å². The Morgan fingerprint density at radius 2 is 1.56 bits per heavy atom. The minimum Gasteiger partial charge on any atom is -0.507 e. The second-order valence-corrected chi connectivity index (χ2v) is 19.6. The molecule has 0 amide bonds. The van der Waals surface area contributed by atoms with Gasteiger partial charge in [-0.2, -0.15) is 0 Å². The molecule has 0 radical (unpaired) electrons. The van der Waals surface area contributed by atoms with Gasteiger partial charge in [0.2, 0.25) is 0 Å². The van der Waals surface area contributed by atoms with E-state index in [9.17, 15) is 9.90 Å². The van der Waals surface area contributed by atoms with Crippen LogP contribution in [0.2, 0.25) is 0 Å². The maximum absolute atomic E-state index is 13.2. The molecule has 1 aromatic carbocycles. The molecule has 1 N–H and O–H groups in total. The number of aromatic hydroxyl groups is 1. The summed E-state index contributed by atoms with van der Waals surface area (Å²) >= 11 is 0. The predicted molar refractivity (Wildman–Crippen MR) is 199 cm³/mol. The van der Waals surface area contributed by atoms with E-state index in [-0.39, 0.29) is 35.3 Å². The average molecular weight is 663 g/mol. The summed E-state index contributed by atoms with van der Waals surface area (Å²) in [5.74, 6) is 5.06. The number of carbonyl (C=O) groups is 1. The molecule has 48 heavy (non-hydrogen) atoms. The Bertz CT molecular complexity index is 1290. The molecular weight excluding hydrogens is 592 g/mol. The lowest BCUT2D eigenvalue weighted by atomic mass is 9.47. The zero-order chi connectivity index (χ0) is 35.2. The highest BCUT2D eigenvalue weighted by Crippen LogP contribution is 2.67. The van der Waals surface area contributed by atoms with Crippen LogP contribution in [-0.4, -0.2) is 30.4 Å². The molecular formula is C44H70O4. The van der Waals surface area contributed by atoms with Gasteiger partial charge in [0.25, 0.3) is 0 Å². The number of hydrogen-bond acceptors (Lipinski definition) is 4. The number of esters is 1. The van der Waals surface area contributed by atoms with Crippen molar-refractivity contribution < 1.29 is 19.4 Å². The monoisotopic (exact) mass is 663 g/mol. The lowest BCUT2D eigenvalue weighted by Gasteiger charge is -2.58. The maximum atomic E-state index is 13.2. The lowest BCUT2D eigenvalue weighted by molar-refractivity contribution is -0.0664. The summed E-state index contributed by atoms with van der Waals surface area (Å²) in [7, 11) is 0. The first kappa shape index (κ1) is 37.4. The van der Waals surface area contributed by atoms with E-state index in [1.165, 1.54) is 57.8 Å². The third kappa shape index (κ3) is 7.45. The molecule has 0 aromatic heterocycles. The van der Waals surface area contributed by atoms with Crippen molar-refractivity contribution in [3.05, 3.63) is 40.5 Å². The number of carbonyl (C=O) groups excluding carboxylic acids is 1. The third-order valence-electron chi connectivity index (χ3n) is 13.9. The van der Waals surface area contributed by atoms with E-state index in [0.29, 0.717) is 23.0 Å². The summed E-state index contributed by atoms with van der Waals surface area (Å²) in [4.78, 5) is 13.2. The van der Waals surface area contributed by atoms with Crippen LogP contribution in [0, 0.1) is 46.3 Å². The quantitative estimate of drug-likeness (QED) is 0.154. The van der Waals surface area contributed by atoms with Crippen LogP contribution in [-0.2, 0) is 20.3 Å². The van der Waals surface area contributed by atoms with Crippen molar-refractivity contribution in [1.29, 1.82) is 0 Å². The number of benzene rings is 1. The van der Waals surface area contributed by atoms with Crippen molar-refractivity contribution in [2.24, 2.45) is 46.3 Å². The largest absolute Gasteiger partial charge is 0.507 e. The van der Waals surface area contributed by atoms with Gasteiger partial charge in [-0.05, 0) is 121 Å². The molecule has 1 aromatic rings. The smallest absolute Gasteiger partial charge is 0.338 e. The molecule has 3 saturated carbocycles. The van der Waals surface area contributed by atoms with E-state index in [2.05, 4.69) is 82.2 Å². The van der Waals surface area contributed by atoms with Crippen LogP contribution in [0.1, 0.15) is 168 Å². The molecule has 4 nitrogen and oxygen atoms in total. The molecule has 0 bridgehead atoms. The molecule has 0 heterocycles. The number of rotatable bonds is 10. The molecule has 4 aliphatic carbocycles. The molecule has 3 fully saturated rings. The average Bonchev–Trinajstić information content (AvgIpc) is 3.35. The first-order valence-corrected chi connectivity index (χ1v) is 19.7. The molecule has 0 spiro atoms. The van der Waals surface area contributed by atoms with Gasteiger partial charge < -0.3 is 14.6 Å². The fourth-order valence-corrected chi connectivity index (χ4v) is 11.1. The second-order valence-electron chi connectivity index (χ2n) is 19.6. The standard InChI is InChI=1S/C44H70O4/c1-28(2)13-12-14-29(3)34-17-18-35-33-16-15-31-27-32(19-21-43(31,10)36(33)20-22-44(34,35)11)47-23-24-48-40(46)30-25-37(41(4,5)6)39(45)38(26-30)42(7,8)9/h15,25-26,28-29,32-36,45H,12-14,16-24,27H2,1-11H3/t29-,32+,33+,34-,35+,36+,43+,44-/m1/s1. The van der Waals surface area contributed by atoms with E-state index in [4.69, 9.17) is 9.47 Å². The van der Waals surface area contributed by atoms with Gasteiger partial charge in [0, 0.05) is 11.1 Å². The number of fused-ring (bicyclic) bond motifs is 5. The SMILES string of the molecule is CC(C)CCC[C@@H](C)[C@H]1CC[C@H]2[C@@H]3CC=C4C[C@@H](OCCOC(=O)c5cc(C(C)(C)C)c(O)c(C(C)(C)C)c5)CC[C@]4(C)[C@H]3CC[C@]12C. The van der Waals surface area contributed by atoms with Crippen LogP contribution >= 0.6 is 0 Å². The molecule has 4 heteroatoms. The fourth-order valence-electron chi connectivity index (χ4n) is 11.1. The van der Waals surface area contributed by atoms with Crippen molar-refractivity contribution in [2.75, 3.05) is 13.2 Å². The van der Waals surface area contributed by atoms with Gasteiger partial charge in [0.1, 0.15) is 12.4 Å². The highest BCUT2D eigenvalue weighted by atomic mass is 16.6. The van der Waals surface area contributed by atoms with E-state index in [1.54, 1.807) is 17.7 Å². The second kappa shape index (κ2) is 14.1. The summed E-state index contributed by atoms with van der Waals surface area (Å²) in [6.45, 7) is 25.6. The predicted octanol–water partition coefficient (Wildman–Crippen LogP) is 11.6. The van der Waals surface area contributed by atoms with Gasteiger partial charge in [-0.3, -0.25) is 0 Å². The number of phenolic OH excluding ortho intramolecular Hbond substituents is 1. The maximum Gasteiger partial charge on any atom is 0.338 e. The van der Waals surface area contributed by atoms with Crippen molar-refractivity contribution >= 4 is 5.97 Å². The summed E-state index contributed by atoms with van der Waals surface area (Å²) in [6.07, 6.45) is 17.3. The van der Waals surface area contributed by atoms with Gasteiger partial charge in [0.05, 0.1) is 18.3 Å². The van der Waals surface area contributed by atoms with Gasteiger partial charge in [0.15, 0.2) is 0 Å². The van der Waals surface area contributed by atoms with Crippen LogP contribution in [0.3, 0.4) is 0 Å². The summed E-state index contributed by atoms with van der Waals surface area (Å²) < 4.78 is 12.1. The molecule has 5 rings (SSSR count). The van der Waals surface area contributed by atoms with Gasteiger partial charge in [-0.25, -0.2) is 4.79 Å². The number of hydrogen-bond donors (Lipinski definition) is 1. The normalized spacial score (nSPS) is 32.7. The molecule has 4 aliphatic rings. The van der Waals surface area contributed by atoms with Gasteiger partial charge >= 0.3 is 5.97 Å². The zero-order valence-electron chi connectivity index (χ0n) is 32.6. The summed E-state index contributed by atoms with van der Waals surface area (Å²) in [5.41, 5.74) is 3.93.